The van der Waals surface area contributed by atoms with Crippen LogP contribution in [0.4, 0.5) is 0 Å². The smallest absolute Gasteiger partial charge is 0.171 e. The second kappa shape index (κ2) is 9.11. The first kappa shape index (κ1) is 20.2. The molecule has 0 bridgehead atoms. The zero-order chi connectivity index (χ0) is 19.4. The third-order valence-electron chi connectivity index (χ3n) is 4.64. The fourth-order valence-electron chi connectivity index (χ4n) is 2.99. The molecule has 2 aromatic rings. The maximum Gasteiger partial charge on any atom is 0.171 e. The van der Waals surface area contributed by atoms with Crippen LogP contribution < -0.4 is 9.47 Å². The summed E-state index contributed by atoms with van der Waals surface area (Å²) in [4.78, 5) is 5.27. The molecule has 0 unspecified atom stereocenters. The van der Waals surface area contributed by atoms with Crippen molar-refractivity contribution in [2.24, 2.45) is 0 Å². The highest BCUT2D eigenvalue weighted by Gasteiger charge is 2.22. The Labute approximate surface area is 175 Å². The van der Waals surface area contributed by atoms with Crippen LogP contribution in [0.2, 0.25) is 10.0 Å². The van der Waals surface area contributed by atoms with E-state index in [1.165, 1.54) is 0 Å². The fraction of sp³-hybridized carbons (Fsp3) is 0.350. The largest absolute Gasteiger partial charge is 0.493 e. The lowest BCUT2D eigenvalue weighted by atomic mass is 10.1. The van der Waals surface area contributed by atoms with Crippen molar-refractivity contribution in [2.45, 2.75) is 6.61 Å². The van der Waals surface area contributed by atoms with Crippen molar-refractivity contribution >= 4 is 40.4 Å². The lowest BCUT2D eigenvalue weighted by Gasteiger charge is -2.34. The Kier molecular flexibility index (Phi) is 6.82. The lowest BCUT2D eigenvalue weighted by Crippen LogP contribution is -2.46. The van der Waals surface area contributed by atoms with Crippen molar-refractivity contribution in [3.8, 4) is 11.5 Å². The van der Waals surface area contributed by atoms with Gasteiger partial charge in [-0.3, -0.25) is 0 Å². The summed E-state index contributed by atoms with van der Waals surface area (Å²) in [5.74, 6) is 1.24. The summed E-state index contributed by atoms with van der Waals surface area (Å²) in [6.07, 6.45) is 0. The van der Waals surface area contributed by atoms with Gasteiger partial charge in [0.25, 0.3) is 0 Å². The van der Waals surface area contributed by atoms with Gasteiger partial charge in [-0.25, -0.2) is 0 Å². The molecule has 0 saturated carbocycles. The molecule has 1 heterocycles. The molecule has 0 atom stereocenters. The van der Waals surface area contributed by atoms with Crippen molar-refractivity contribution in [3.05, 3.63) is 57.6 Å². The highest BCUT2D eigenvalue weighted by molar-refractivity contribution is 7.80. The molecule has 4 nitrogen and oxygen atoms in total. The van der Waals surface area contributed by atoms with Gasteiger partial charge in [-0.15, -0.1) is 0 Å². The van der Waals surface area contributed by atoms with Gasteiger partial charge >= 0.3 is 0 Å². The van der Waals surface area contributed by atoms with Crippen LogP contribution in [-0.2, 0) is 6.61 Å². The Morgan fingerprint density at radius 2 is 1.67 bits per heavy atom. The topological polar surface area (TPSA) is 24.9 Å². The number of rotatable bonds is 5. The van der Waals surface area contributed by atoms with Gasteiger partial charge in [-0.2, -0.15) is 0 Å². The van der Waals surface area contributed by atoms with E-state index in [2.05, 4.69) is 16.8 Å². The van der Waals surface area contributed by atoms with E-state index in [-0.39, 0.29) is 6.61 Å². The molecule has 27 heavy (non-hydrogen) atoms. The Hall–Kier alpha value is -1.53. The summed E-state index contributed by atoms with van der Waals surface area (Å²) >= 11 is 18.3. The summed E-state index contributed by atoms with van der Waals surface area (Å²) in [6, 6.07) is 11.2. The van der Waals surface area contributed by atoms with Crippen LogP contribution in [0, 0.1) is 0 Å². The maximum atomic E-state index is 6.27. The van der Waals surface area contributed by atoms with E-state index in [0.29, 0.717) is 21.5 Å². The number of hydrogen-bond donors (Lipinski definition) is 0. The van der Waals surface area contributed by atoms with Crippen LogP contribution in [0.1, 0.15) is 11.1 Å². The number of thiocarbonyl (C=S) groups is 1. The van der Waals surface area contributed by atoms with Gasteiger partial charge in [0, 0.05) is 41.8 Å². The minimum Gasteiger partial charge on any atom is -0.493 e. The standard InChI is InChI=1S/C20H22Cl2N2O2S/c1-23-9-11-24(12-10-23)20(27)14-5-3-8-18(25-2)19(14)26-13-15-16(21)6-4-7-17(15)22/h3-8H,9-13H2,1-2H3. The predicted octanol–water partition coefficient (Wildman–Crippen LogP) is 4.50. The summed E-state index contributed by atoms with van der Waals surface area (Å²) in [5, 5.41) is 1.14. The first-order chi connectivity index (χ1) is 13.0. The summed E-state index contributed by atoms with van der Waals surface area (Å²) in [5.41, 5.74) is 1.58. The molecule has 3 rings (SSSR count). The number of piperazine rings is 1. The maximum absolute atomic E-state index is 6.27. The number of benzene rings is 2. The van der Waals surface area contributed by atoms with E-state index in [1.807, 2.05) is 24.3 Å². The number of likely N-dealkylation sites (N-methyl/N-ethyl adjacent to an activating group) is 1. The van der Waals surface area contributed by atoms with E-state index in [0.717, 1.165) is 42.3 Å². The number of nitrogens with zero attached hydrogens (tertiary/aromatic N) is 2. The molecule has 0 N–H and O–H groups in total. The zero-order valence-electron chi connectivity index (χ0n) is 15.4. The molecule has 0 radical (unpaired) electrons. The number of methoxy groups -OCH3 is 1. The number of ether oxygens (including phenoxy) is 2. The van der Waals surface area contributed by atoms with Crippen LogP contribution in [0.5, 0.6) is 11.5 Å². The first-order valence-corrected chi connectivity index (χ1v) is 9.88. The molecule has 1 aliphatic rings. The second-order valence-electron chi connectivity index (χ2n) is 6.42. The summed E-state index contributed by atoms with van der Waals surface area (Å²) < 4.78 is 11.6. The van der Waals surface area contributed by atoms with E-state index < -0.39 is 0 Å². The molecule has 144 valence electrons. The molecule has 0 aliphatic carbocycles. The molecule has 7 heteroatoms. The monoisotopic (exact) mass is 424 g/mol. The number of hydrogen-bond acceptors (Lipinski definition) is 4. The SMILES string of the molecule is COc1cccc(C(=S)N2CCN(C)CC2)c1OCc1c(Cl)cccc1Cl. The summed E-state index contributed by atoms with van der Waals surface area (Å²) in [6.45, 7) is 3.98. The van der Waals surface area contributed by atoms with Gasteiger partial charge in [0.15, 0.2) is 11.5 Å². The van der Waals surface area contributed by atoms with Gasteiger partial charge in [0.2, 0.25) is 0 Å². The van der Waals surface area contributed by atoms with E-state index in [9.17, 15) is 0 Å². The number of para-hydroxylation sites is 1. The third kappa shape index (κ3) is 4.66. The van der Waals surface area contributed by atoms with Crippen LogP contribution in [0.3, 0.4) is 0 Å². The van der Waals surface area contributed by atoms with Gasteiger partial charge in [-0.05, 0) is 31.3 Å². The Balaban J connectivity index is 1.86. The van der Waals surface area contributed by atoms with E-state index >= 15 is 0 Å². The minimum absolute atomic E-state index is 0.233. The molecule has 1 fully saturated rings. The van der Waals surface area contributed by atoms with Crippen molar-refractivity contribution in [2.75, 3.05) is 40.3 Å². The molecule has 0 aromatic heterocycles. The van der Waals surface area contributed by atoms with Crippen molar-refractivity contribution in [3.63, 3.8) is 0 Å². The lowest BCUT2D eigenvalue weighted by molar-refractivity contribution is 0.217. The van der Waals surface area contributed by atoms with Crippen LogP contribution in [0.25, 0.3) is 0 Å². The average Bonchev–Trinajstić information content (AvgIpc) is 2.67. The minimum atomic E-state index is 0.233. The quantitative estimate of drug-likeness (QED) is 0.657. The van der Waals surface area contributed by atoms with Crippen LogP contribution in [-0.4, -0.2) is 55.1 Å². The van der Waals surface area contributed by atoms with E-state index in [4.69, 9.17) is 44.9 Å². The Morgan fingerprint density at radius 1 is 1.04 bits per heavy atom. The zero-order valence-corrected chi connectivity index (χ0v) is 17.7. The molecular formula is C20H22Cl2N2O2S. The fourth-order valence-corrected chi connectivity index (χ4v) is 3.84. The Bertz CT molecular complexity index is 803. The van der Waals surface area contributed by atoms with E-state index in [1.54, 1.807) is 19.2 Å². The highest BCUT2D eigenvalue weighted by Crippen LogP contribution is 2.34. The molecule has 1 aliphatic heterocycles. The molecule has 0 spiro atoms. The van der Waals surface area contributed by atoms with Gasteiger partial charge in [-0.1, -0.05) is 47.6 Å². The first-order valence-electron chi connectivity index (χ1n) is 8.71. The van der Waals surface area contributed by atoms with Crippen molar-refractivity contribution < 1.29 is 9.47 Å². The molecule has 1 saturated heterocycles. The normalized spacial score (nSPS) is 14.9. The third-order valence-corrected chi connectivity index (χ3v) is 5.83. The molecule has 2 aromatic carbocycles. The summed E-state index contributed by atoms with van der Waals surface area (Å²) in [7, 11) is 3.74. The molecule has 0 amide bonds. The molecular weight excluding hydrogens is 403 g/mol. The number of halogens is 2. The van der Waals surface area contributed by atoms with Crippen LogP contribution >= 0.6 is 35.4 Å². The van der Waals surface area contributed by atoms with Crippen LogP contribution in [0.15, 0.2) is 36.4 Å². The van der Waals surface area contributed by atoms with Crippen molar-refractivity contribution in [1.82, 2.24) is 9.80 Å². The van der Waals surface area contributed by atoms with Gasteiger partial charge < -0.3 is 19.3 Å². The van der Waals surface area contributed by atoms with Crippen molar-refractivity contribution in [1.29, 1.82) is 0 Å². The average molecular weight is 425 g/mol. The van der Waals surface area contributed by atoms with Gasteiger partial charge in [0.1, 0.15) is 11.6 Å². The predicted molar refractivity (Wildman–Crippen MR) is 115 cm³/mol. The second-order valence-corrected chi connectivity index (χ2v) is 7.62. The highest BCUT2D eigenvalue weighted by atomic mass is 35.5. The van der Waals surface area contributed by atoms with Gasteiger partial charge in [0.05, 0.1) is 12.7 Å². The Morgan fingerprint density at radius 3 is 2.30 bits per heavy atom.